The first-order valence-corrected chi connectivity index (χ1v) is 33.5. The third kappa shape index (κ3) is 27.0. The van der Waals surface area contributed by atoms with Crippen LogP contribution < -0.4 is 21.3 Å². The number of phosphoric ester groups is 2. The molecule has 6 amide bonds. The Morgan fingerprint density at radius 3 is 1.15 bits per heavy atom. The van der Waals surface area contributed by atoms with Crippen LogP contribution in [0.25, 0.3) is 0 Å². The Hall–Kier alpha value is -3.50. The zero-order chi connectivity index (χ0) is 68.7. The van der Waals surface area contributed by atoms with Gasteiger partial charge in [-0.1, -0.05) is 0 Å². The third-order valence-electron chi connectivity index (χ3n) is 15.0. The van der Waals surface area contributed by atoms with Crippen LogP contribution in [0.4, 0.5) is 0 Å². The molecule has 0 bridgehead atoms. The van der Waals surface area contributed by atoms with Gasteiger partial charge in [0.05, 0.1) is 214 Å². The van der Waals surface area contributed by atoms with Gasteiger partial charge in [-0.15, -0.1) is 0 Å². The van der Waals surface area contributed by atoms with E-state index < -0.39 is 149 Å². The Morgan fingerprint density at radius 1 is 0.500 bits per heavy atom. The van der Waals surface area contributed by atoms with Crippen LogP contribution in [0.5, 0.6) is 0 Å². The minimum absolute atomic E-state index is 0.0213. The zero-order valence-corrected chi connectivity index (χ0v) is 53.5. The predicted molar refractivity (Wildman–Crippen MR) is 309 cm³/mol. The van der Waals surface area contributed by atoms with Gasteiger partial charge in [0.25, 0.3) is 0 Å². The number of hydrogen-bond donors (Lipinski definition) is 14. The highest BCUT2D eigenvalue weighted by molar-refractivity contribution is 7.46. The van der Waals surface area contributed by atoms with Crippen molar-refractivity contribution in [2.24, 2.45) is 29.6 Å². The van der Waals surface area contributed by atoms with Gasteiger partial charge in [0.2, 0.25) is 35.4 Å². The number of aliphatic hydroxyl groups is 6. The number of nitrogens with one attached hydrogen (secondary N) is 4. The second-order valence-corrected chi connectivity index (χ2v) is 24.1. The minimum atomic E-state index is -4.92. The molecule has 2 aliphatic carbocycles. The highest BCUT2D eigenvalue weighted by Gasteiger charge is 2.72. The lowest BCUT2D eigenvalue weighted by Crippen LogP contribution is -2.64. The fourth-order valence-electron chi connectivity index (χ4n) is 10.2. The average molecular weight is 1400 g/mol. The lowest BCUT2D eigenvalue weighted by molar-refractivity contribution is -0.439. The first-order valence-electron chi connectivity index (χ1n) is 30.4. The van der Waals surface area contributed by atoms with Crippen molar-refractivity contribution in [1.82, 2.24) is 26.2 Å². The Morgan fingerprint density at radius 2 is 0.819 bits per heavy atom. The van der Waals surface area contributed by atoms with Crippen LogP contribution in [-0.4, -0.2) is 338 Å². The van der Waals surface area contributed by atoms with Gasteiger partial charge in [-0.25, -0.2) is 9.13 Å². The number of amides is 6. The van der Waals surface area contributed by atoms with Crippen molar-refractivity contribution in [2.75, 3.05) is 191 Å². The average Bonchev–Trinajstić information content (AvgIpc) is 1.55. The van der Waals surface area contributed by atoms with Crippen molar-refractivity contribution in [2.45, 2.75) is 73.6 Å². The van der Waals surface area contributed by atoms with Gasteiger partial charge in [0.1, 0.15) is 5.92 Å². The van der Waals surface area contributed by atoms with Gasteiger partial charge in [0.15, 0.2) is 24.2 Å². The lowest BCUT2D eigenvalue weighted by atomic mass is 9.86. The summed E-state index contributed by atoms with van der Waals surface area (Å²) in [6.07, 6.45) is -9.09. The van der Waals surface area contributed by atoms with Crippen molar-refractivity contribution in [1.29, 1.82) is 0 Å². The molecule has 3 aliphatic heterocycles. The van der Waals surface area contributed by atoms with E-state index in [0.29, 0.717) is 0 Å². The molecule has 3 saturated heterocycles. The van der Waals surface area contributed by atoms with Crippen LogP contribution in [0, 0.1) is 29.6 Å². The Bertz CT molecular complexity index is 2300. The molecule has 2 saturated carbocycles. The van der Waals surface area contributed by atoms with E-state index in [4.69, 9.17) is 93.7 Å². The van der Waals surface area contributed by atoms with E-state index in [0.717, 1.165) is 4.90 Å². The first-order chi connectivity index (χ1) is 44.8. The Balaban J connectivity index is 0.877. The highest BCUT2D eigenvalue weighted by Crippen LogP contribution is 2.55. The minimum Gasteiger partial charge on any atom is -0.390 e. The molecule has 5 rings (SSSR count). The van der Waals surface area contributed by atoms with Crippen molar-refractivity contribution in [3.05, 3.63) is 0 Å². The monoisotopic (exact) mass is 1400 g/mol. The van der Waals surface area contributed by atoms with Crippen LogP contribution in [-0.2, 0) is 113 Å². The van der Waals surface area contributed by atoms with Gasteiger partial charge in [-0.3, -0.25) is 42.7 Å². The van der Waals surface area contributed by atoms with Crippen molar-refractivity contribution in [3.63, 3.8) is 0 Å². The summed E-state index contributed by atoms with van der Waals surface area (Å²) in [5.74, 6) is -14.8. The lowest BCUT2D eigenvalue weighted by Gasteiger charge is -2.49. The summed E-state index contributed by atoms with van der Waals surface area (Å²) in [6, 6.07) is 0. The molecule has 5 aliphatic rings. The number of imide groups is 1. The molecule has 94 heavy (non-hydrogen) atoms. The molecular formula is C52H90BN5O34P2. The second kappa shape index (κ2) is 41.8. The highest BCUT2D eigenvalue weighted by atomic mass is 31.2. The molecule has 13 unspecified atom stereocenters. The number of carbonyl (C=O) groups excluding carboxylic acids is 6. The number of rotatable bonds is 54. The van der Waals surface area contributed by atoms with Crippen LogP contribution in [0.2, 0.25) is 5.82 Å². The van der Waals surface area contributed by atoms with Crippen molar-refractivity contribution < 1.29 is 163 Å². The summed E-state index contributed by atoms with van der Waals surface area (Å²) in [5, 5.41) is 73.2. The molecular weight excluding hydrogens is 1310 g/mol. The molecule has 540 valence electrons. The fraction of sp³-hybridized carbons (Fsp3) is 0.885. The number of carbonyl (C=O) groups is 6. The van der Waals surface area contributed by atoms with Crippen LogP contribution >= 0.6 is 15.6 Å². The molecule has 0 aromatic rings. The van der Waals surface area contributed by atoms with E-state index in [-0.39, 0.29) is 197 Å². The van der Waals surface area contributed by atoms with E-state index in [9.17, 15) is 68.5 Å². The molecule has 2 radical (unpaired) electrons. The number of ether oxygens (including phenoxy) is 14. The van der Waals surface area contributed by atoms with Gasteiger partial charge in [-0.2, -0.15) is 0 Å². The van der Waals surface area contributed by atoms with Crippen molar-refractivity contribution >= 4 is 58.9 Å². The van der Waals surface area contributed by atoms with Gasteiger partial charge in [0, 0.05) is 57.8 Å². The SMILES string of the molecule is [B]C1CC(=O)N(CCC(=O)NCCOCCOCCOCCOCCNC(=O)CC(C(=O)NCCOCCOCCOCCOC2OC3(O)C(COP(=O)(O)O)C(O)C(O)C23)C(=O)NCCOCCOCCOCCOC2OC3(O)C(COP(=O)(O)O)C(O)C(O)C23)C1=O. The summed E-state index contributed by atoms with van der Waals surface area (Å²) in [4.78, 5) is 112. The molecule has 0 aromatic heterocycles. The second-order valence-electron chi connectivity index (χ2n) is 21.6. The van der Waals surface area contributed by atoms with Crippen LogP contribution in [0.3, 0.4) is 0 Å². The normalized spacial score (nSPS) is 27.6. The molecule has 42 heteroatoms. The largest absolute Gasteiger partial charge is 0.469 e. The summed E-state index contributed by atoms with van der Waals surface area (Å²) >= 11 is 0. The van der Waals surface area contributed by atoms with Crippen LogP contribution in [0.1, 0.15) is 19.3 Å². The van der Waals surface area contributed by atoms with Gasteiger partial charge in [-0.05, 0) is 0 Å². The summed E-state index contributed by atoms with van der Waals surface area (Å²) < 4.78 is 107. The molecule has 0 aromatic carbocycles. The van der Waals surface area contributed by atoms with E-state index in [1.54, 1.807) is 0 Å². The summed E-state index contributed by atoms with van der Waals surface area (Å²) in [6.45, 7) is 1.72. The third-order valence-corrected chi connectivity index (χ3v) is 16.0. The van der Waals surface area contributed by atoms with E-state index >= 15 is 0 Å². The standard InChI is InChI=1S/C52H90BN5O34P2/c53-36-30-39(61)58(48(36)68)6-1-37(59)54-2-7-77-11-15-81-19-20-82-16-12-78-8-3-55-38(60)29-33(46(66)56-4-9-79-13-17-83-21-23-85-25-27-87-49-40-44(64)42(62)34(51(40,69)91-49)31-89-93(71,72)73)47(67)57-5-10-80-14-18-84-22-24-86-26-28-88-50-41-45(65)43(63)35(52(41,70)92-50)32-90-94(74,75)76/h33-36,40-45,49-50,62-65,69-70H,1-32H2,(H,54,59)(H,55,60)(H,56,66)(H,57,67)(H2,71,72,73)(H2,74,75,76). The number of fused-ring (bicyclic) bond motifs is 2. The predicted octanol–water partition coefficient (Wildman–Crippen LogP) is -7.99. The van der Waals surface area contributed by atoms with E-state index in [2.05, 4.69) is 30.3 Å². The number of aliphatic hydroxyl groups excluding tert-OH is 4. The Labute approximate surface area is 541 Å². The smallest absolute Gasteiger partial charge is 0.390 e. The van der Waals surface area contributed by atoms with E-state index in [1.165, 1.54) is 0 Å². The maximum absolute atomic E-state index is 13.3. The van der Waals surface area contributed by atoms with Gasteiger partial charge < -0.3 is 138 Å². The first kappa shape index (κ1) is 81.2. The molecule has 5 fully saturated rings. The zero-order valence-electron chi connectivity index (χ0n) is 51.7. The molecule has 39 nitrogen and oxygen atoms in total. The molecule has 3 heterocycles. The number of nitrogens with zero attached hydrogens (tertiary/aromatic N) is 1. The maximum Gasteiger partial charge on any atom is 0.469 e. The topological polar surface area (TPSA) is 538 Å². The van der Waals surface area contributed by atoms with E-state index in [1.807, 2.05) is 0 Å². The molecule has 14 N–H and O–H groups in total. The van der Waals surface area contributed by atoms with Gasteiger partial charge >= 0.3 is 15.6 Å². The van der Waals surface area contributed by atoms with Crippen molar-refractivity contribution in [3.8, 4) is 0 Å². The summed E-state index contributed by atoms with van der Waals surface area (Å²) in [7, 11) is -4.27. The maximum atomic E-state index is 13.3. The molecule has 0 spiro atoms. The number of hydrogen-bond acceptors (Lipinski definition) is 30. The Kier molecular flexibility index (Phi) is 36.1. The fourth-order valence-corrected chi connectivity index (χ4v) is 10.9. The number of phosphoric acid groups is 2. The van der Waals surface area contributed by atoms with Crippen LogP contribution in [0.15, 0.2) is 0 Å². The molecule has 13 atom stereocenters. The summed E-state index contributed by atoms with van der Waals surface area (Å²) in [5.41, 5.74) is 0. The number of likely N-dealkylation sites (tertiary alicyclic amines) is 1. The quantitative estimate of drug-likeness (QED) is 0.00884.